The van der Waals surface area contributed by atoms with Crippen molar-refractivity contribution in [3.8, 4) is 0 Å². The average molecular weight is 556 g/mol. The fourth-order valence-electron chi connectivity index (χ4n) is 4.22. The molecule has 1 fully saturated rings. The summed E-state index contributed by atoms with van der Waals surface area (Å²) < 4.78 is 22.9. The van der Waals surface area contributed by atoms with Crippen molar-refractivity contribution in [3.05, 3.63) is 71.3 Å². The van der Waals surface area contributed by atoms with Crippen LogP contribution in [-0.2, 0) is 27.5 Å². The second-order valence-corrected chi connectivity index (χ2v) is 10.4. The zero-order valence-electron chi connectivity index (χ0n) is 18.4. The standard InChI is InChI=1S/C24H33N3O2S.HI/c1-3-25-23(26-17-20-11-13-21(14-12-20)18-30(2,28)29)27-19-24(15-7-8-16-24)22-9-5-4-6-10-22;/h4-6,9-14H,3,7-8,15-19H2,1-2H3,(H2,25,26,27);1H. The molecule has 7 heteroatoms. The average Bonchev–Trinajstić information content (AvgIpc) is 3.21. The predicted octanol–water partition coefficient (Wildman–Crippen LogP) is 4.42. The topological polar surface area (TPSA) is 70.6 Å². The van der Waals surface area contributed by atoms with Crippen molar-refractivity contribution in [2.24, 2.45) is 4.99 Å². The number of halogens is 1. The van der Waals surface area contributed by atoms with Crippen LogP contribution in [0.2, 0.25) is 0 Å². The summed E-state index contributed by atoms with van der Waals surface area (Å²) in [5, 5.41) is 6.92. The van der Waals surface area contributed by atoms with Gasteiger partial charge in [0.2, 0.25) is 0 Å². The van der Waals surface area contributed by atoms with E-state index in [4.69, 9.17) is 4.99 Å². The van der Waals surface area contributed by atoms with Crippen LogP contribution in [0.5, 0.6) is 0 Å². The van der Waals surface area contributed by atoms with Gasteiger partial charge in [0.1, 0.15) is 0 Å². The summed E-state index contributed by atoms with van der Waals surface area (Å²) in [6, 6.07) is 18.5. The van der Waals surface area contributed by atoms with Gasteiger partial charge in [0.15, 0.2) is 15.8 Å². The number of hydrogen-bond acceptors (Lipinski definition) is 3. The molecule has 2 aromatic carbocycles. The largest absolute Gasteiger partial charge is 0.357 e. The summed E-state index contributed by atoms with van der Waals surface area (Å²) in [5.41, 5.74) is 3.45. The van der Waals surface area contributed by atoms with Crippen molar-refractivity contribution in [2.45, 2.75) is 50.3 Å². The van der Waals surface area contributed by atoms with Crippen LogP contribution in [0.3, 0.4) is 0 Å². The highest BCUT2D eigenvalue weighted by atomic mass is 127. The first-order chi connectivity index (χ1) is 14.4. The minimum Gasteiger partial charge on any atom is -0.357 e. The molecule has 2 aromatic rings. The van der Waals surface area contributed by atoms with E-state index in [1.165, 1.54) is 37.5 Å². The first kappa shape index (κ1) is 25.6. The molecule has 170 valence electrons. The fraction of sp³-hybridized carbons (Fsp3) is 0.458. The lowest BCUT2D eigenvalue weighted by Gasteiger charge is -2.30. The van der Waals surface area contributed by atoms with Gasteiger partial charge in [0.05, 0.1) is 12.3 Å². The molecule has 0 atom stereocenters. The number of aliphatic imine (C=N–C) groups is 1. The molecule has 2 N–H and O–H groups in total. The van der Waals surface area contributed by atoms with E-state index in [9.17, 15) is 8.42 Å². The Labute approximate surface area is 204 Å². The monoisotopic (exact) mass is 555 g/mol. The zero-order valence-corrected chi connectivity index (χ0v) is 21.6. The number of hydrogen-bond donors (Lipinski definition) is 2. The normalized spacial score (nSPS) is 15.9. The van der Waals surface area contributed by atoms with Crippen LogP contribution in [0, 0.1) is 0 Å². The van der Waals surface area contributed by atoms with Crippen LogP contribution < -0.4 is 10.6 Å². The third-order valence-corrected chi connectivity index (χ3v) is 6.61. The second-order valence-electron chi connectivity index (χ2n) is 8.29. The van der Waals surface area contributed by atoms with E-state index in [0.29, 0.717) is 6.54 Å². The van der Waals surface area contributed by atoms with Crippen molar-refractivity contribution in [3.63, 3.8) is 0 Å². The van der Waals surface area contributed by atoms with Gasteiger partial charge in [-0.05, 0) is 36.5 Å². The lowest BCUT2D eigenvalue weighted by Crippen LogP contribution is -2.44. The van der Waals surface area contributed by atoms with E-state index in [1.54, 1.807) is 0 Å². The Morgan fingerprint density at radius 3 is 2.16 bits per heavy atom. The van der Waals surface area contributed by atoms with Crippen LogP contribution in [0.4, 0.5) is 0 Å². The molecular formula is C24H34IN3O2S. The van der Waals surface area contributed by atoms with E-state index in [-0.39, 0.29) is 35.1 Å². The minimum absolute atomic E-state index is 0. The van der Waals surface area contributed by atoms with Crippen LogP contribution in [0.15, 0.2) is 59.6 Å². The van der Waals surface area contributed by atoms with Crippen molar-refractivity contribution < 1.29 is 8.42 Å². The summed E-state index contributed by atoms with van der Waals surface area (Å²) in [4.78, 5) is 4.75. The molecule has 0 amide bonds. The minimum atomic E-state index is -3.01. The second kappa shape index (κ2) is 11.9. The summed E-state index contributed by atoms with van der Waals surface area (Å²) in [7, 11) is -3.01. The molecule has 1 saturated carbocycles. The Balaban J connectivity index is 0.00000341. The van der Waals surface area contributed by atoms with Gasteiger partial charge in [0, 0.05) is 24.8 Å². The van der Waals surface area contributed by atoms with Crippen molar-refractivity contribution >= 4 is 39.8 Å². The van der Waals surface area contributed by atoms with E-state index >= 15 is 0 Å². The zero-order chi connectivity index (χ0) is 21.5. The van der Waals surface area contributed by atoms with Gasteiger partial charge in [-0.3, -0.25) is 0 Å². The quantitative estimate of drug-likeness (QED) is 0.288. The molecule has 0 spiro atoms. The Bertz CT molecular complexity index is 939. The third kappa shape index (κ3) is 7.79. The molecule has 0 aromatic heterocycles. The maximum absolute atomic E-state index is 11.4. The van der Waals surface area contributed by atoms with Gasteiger partial charge in [-0.25, -0.2) is 13.4 Å². The smallest absolute Gasteiger partial charge is 0.191 e. The highest BCUT2D eigenvalue weighted by Crippen LogP contribution is 2.40. The summed E-state index contributed by atoms with van der Waals surface area (Å²) >= 11 is 0. The van der Waals surface area contributed by atoms with E-state index in [0.717, 1.165) is 30.2 Å². The van der Waals surface area contributed by atoms with Crippen molar-refractivity contribution in [2.75, 3.05) is 19.3 Å². The highest BCUT2D eigenvalue weighted by Gasteiger charge is 2.35. The van der Waals surface area contributed by atoms with Gasteiger partial charge in [-0.1, -0.05) is 67.4 Å². The van der Waals surface area contributed by atoms with Crippen LogP contribution in [-0.4, -0.2) is 33.7 Å². The Kier molecular flexibility index (Phi) is 9.81. The van der Waals surface area contributed by atoms with Crippen LogP contribution >= 0.6 is 24.0 Å². The van der Waals surface area contributed by atoms with Crippen molar-refractivity contribution in [1.82, 2.24) is 10.6 Å². The molecule has 0 heterocycles. The highest BCUT2D eigenvalue weighted by molar-refractivity contribution is 14.0. The Hall–Kier alpha value is -1.61. The SMILES string of the molecule is CCNC(=NCc1ccc(CS(C)(=O)=O)cc1)NCC1(c2ccccc2)CCCC1.I. The van der Waals surface area contributed by atoms with Gasteiger partial charge in [-0.2, -0.15) is 0 Å². The summed E-state index contributed by atoms with van der Waals surface area (Å²) in [6.45, 7) is 4.29. The fourth-order valence-corrected chi connectivity index (χ4v) is 5.02. The number of rotatable bonds is 8. The van der Waals surface area contributed by atoms with E-state index in [1.807, 2.05) is 24.3 Å². The predicted molar refractivity (Wildman–Crippen MR) is 140 cm³/mol. The Morgan fingerprint density at radius 1 is 0.968 bits per heavy atom. The van der Waals surface area contributed by atoms with Crippen LogP contribution in [0.25, 0.3) is 0 Å². The number of sulfone groups is 1. The number of nitrogens with one attached hydrogen (secondary N) is 2. The lowest BCUT2D eigenvalue weighted by molar-refractivity contribution is 0.431. The molecule has 1 aliphatic carbocycles. The first-order valence-electron chi connectivity index (χ1n) is 10.7. The maximum Gasteiger partial charge on any atom is 0.191 e. The molecular weight excluding hydrogens is 521 g/mol. The molecule has 3 rings (SSSR count). The number of benzene rings is 2. The van der Waals surface area contributed by atoms with E-state index < -0.39 is 9.84 Å². The molecule has 0 saturated heterocycles. The summed E-state index contributed by atoms with van der Waals surface area (Å²) in [5.74, 6) is 0.891. The molecule has 0 aliphatic heterocycles. The molecule has 1 aliphatic rings. The van der Waals surface area contributed by atoms with Crippen LogP contribution in [0.1, 0.15) is 49.3 Å². The lowest BCUT2D eigenvalue weighted by atomic mass is 9.79. The molecule has 31 heavy (non-hydrogen) atoms. The maximum atomic E-state index is 11.4. The third-order valence-electron chi connectivity index (χ3n) is 5.76. The first-order valence-corrected chi connectivity index (χ1v) is 12.8. The molecule has 0 bridgehead atoms. The molecule has 5 nitrogen and oxygen atoms in total. The number of nitrogens with zero attached hydrogens (tertiary/aromatic N) is 1. The van der Waals surface area contributed by atoms with Crippen molar-refractivity contribution in [1.29, 1.82) is 0 Å². The van der Waals surface area contributed by atoms with Gasteiger partial charge < -0.3 is 10.6 Å². The summed E-state index contributed by atoms with van der Waals surface area (Å²) in [6.07, 6.45) is 6.19. The molecule has 0 radical (unpaired) electrons. The van der Waals surface area contributed by atoms with E-state index in [2.05, 4.69) is 47.9 Å². The van der Waals surface area contributed by atoms with Gasteiger partial charge >= 0.3 is 0 Å². The molecule has 0 unspecified atom stereocenters. The van der Waals surface area contributed by atoms with Gasteiger partial charge in [-0.15, -0.1) is 24.0 Å². The Morgan fingerprint density at radius 2 is 1.58 bits per heavy atom. The number of guanidine groups is 1. The van der Waals surface area contributed by atoms with Gasteiger partial charge in [0.25, 0.3) is 0 Å².